The lowest BCUT2D eigenvalue weighted by molar-refractivity contribution is 0.220. The quantitative estimate of drug-likeness (QED) is 0.846. The van der Waals surface area contributed by atoms with E-state index in [1.54, 1.807) is 6.07 Å². The number of halogens is 1. The van der Waals surface area contributed by atoms with Crippen molar-refractivity contribution in [3.63, 3.8) is 0 Å². The molecule has 1 aromatic rings. The largest absolute Gasteiger partial charge is 0.317 e. The van der Waals surface area contributed by atoms with E-state index in [-0.39, 0.29) is 5.82 Å². The van der Waals surface area contributed by atoms with E-state index in [2.05, 4.69) is 24.1 Å². The van der Waals surface area contributed by atoms with Gasteiger partial charge < -0.3 is 5.32 Å². The van der Waals surface area contributed by atoms with Crippen molar-refractivity contribution >= 4 is 0 Å². The molecule has 1 fully saturated rings. The van der Waals surface area contributed by atoms with Crippen molar-refractivity contribution < 1.29 is 4.39 Å². The van der Waals surface area contributed by atoms with E-state index < -0.39 is 0 Å². The number of hydrogen-bond acceptors (Lipinski definition) is 2. The van der Waals surface area contributed by atoms with Crippen LogP contribution in [0.1, 0.15) is 57.4 Å². The van der Waals surface area contributed by atoms with Crippen LogP contribution in [0.15, 0.2) is 18.5 Å². The van der Waals surface area contributed by atoms with Gasteiger partial charge in [0.25, 0.3) is 0 Å². The van der Waals surface area contributed by atoms with Crippen molar-refractivity contribution in [1.82, 2.24) is 10.3 Å². The number of pyridine rings is 1. The first-order chi connectivity index (χ1) is 9.74. The Labute approximate surface area is 122 Å². The third kappa shape index (κ3) is 4.02. The molecule has 20 heavy (non-hydrogen) atoms. The van der Waals surface area contributed by atoms with Crippen molar-refractivity contribution in [2.45, 2.75) is 51.9 Å². The van der Waals surface area contributed by atoms with Crippen LogP contribution >= 0.6 is 0 Å². The molecule has 3 atom stereocenters. The minimum atomic E-state index is -0.206. The van der Waals surface area contributed by atoms with Gasteiger partial charge in [0.15, 0.2) is 0 Å². The summed E-state index contributed by atoms with van der Waals surface area (Å²) in [5.41, 5.74) is 1.09. The normalized spacial score (nSPS) is 26.6. The number of aromatic nitrogens is 1. The molecule has 112 valence electrons. The highest BCUT2D eigenvalue weighted by atomic mass is 19.1. The lowest BCUT2D eigenvalue weighted by Gasteiger charge is -2.36. The second kappa shape index (κ2) is 7.72. The van der Waals surface area contributed by atoms with Gasteiger partial charge in [-0.05, 0) is 55.3 Å². The predicted molar refractivity (Wildman–Crippen MR) is 81.2 cm³/mol. The molecule has 0 saturated heterocycles. The third-order valence-corrected chi connectivity index (χ3v) is 4.61. The monoisotopic (exact) mass is 278 g/mol. The Kier molecular flexibility index (Phi) is 5.96. The molecule has 1 heterocycles. The molecule has 1 saturated carbocycles. The number of hydrogen-bond donors (Lipinski definition) is 1. The number of nitrogens with zero attached hydrogens (tertiary/aromatic N) is 1. The highest BCUT2D eigenvalue weighted by Crippen LogP contribution is 2.41. The molecular weight excluding hydrogens is 251 g/mol. The molecule has 3 unspecified atom stereocenters. The first-order valence-corrected chi connectivity index (χ1v) is 8.05. The molecule has 0 aliphatic heterocycles. The van der Waals surface area contributed by atoms with Gasteiger partial charge in [-0.15, -0.1) is 0 Å². The Hall–Kier alpha value is -0.960. The van der Waals surface area contributed by atoms with E-state index in [0.717, 1.165) is 24.6 Å². The highest BCUT2D eigenvalue weighted by molar-refractivity contribution is 5.18. The summed E-state index contributed by atoms with van der Waals surface area (Å²) in [4.78, 5) is 4.05. The maximum Gasteiger partial charge on any atom is 0.141 e. The van der Waals surface area contributed by atoms with Crippen LogP contribution < -0.4 is 5.32 Å². The summed E-state index contributed by atoms with van der Waals surface area (Å²) in [5, 5.41) is 3.47. The van der Waals surface area contributed by atoms with Gasteiger partial charge in [-0.1, -0.05) is 33.1 Å². The first-order valence-electron chi connectivity index (χ1n) is 8.05. The van der Waals surface area contributed by atoms with Gasteiger partial charge in [-0.2, -0.15) is 0 Å². The molecule has 0 aromatic carbocycles. The number of rotatable bonds is 6. The predicted octanol–water partition coefficient (Wildman–Crippen LogP) is 4.13. The first kappa shape index (κ1) is 15.4. The molecule has 1 aliphatic carbocycles. The van der Waals surface area contributed by atoms with Crippen molar-refractivity contribution in [2.75, 3.05) is 13.1 Å². The molecule has 0 bridgehead atoms. The van der Waals surface area contributed by atoms with Crippen LogP contribution in [-0.2, 0) is 0 Å². The van der Waals surface area contributed by atoms with E-state index in [9.17, 15) is 4.39 Å². The van der Waals surface area contributed by atoms with Crippen molar-refractivity contribution in [3.8, 4) is 0 Å². The van der Waals surface area contributed by atoms with Gasteiger partial charge in [-0.25, -0.2) is 4.39 Å². The molecule has 0 radical (unpaired) electrons. The molecule has 2 rings (SSSR count). The second-order valence-electron chi connectivity index (χ2n) is 6.08. The lowest BCUT2D eigenvalue weighted by atomic mass is 9.70. The summed E-state index contributed by atoms with van der Waals surface area (Å²) in [5.74, 6) is 1.67. The van der Waals surface area contributed by atoms with Crippen LogP contribution in [0.25, 0.3) is 0 Å². The minimum absolute atomic E-state index is 0.206. The summed E-state index contributed by atoms with van der Waals surface area (Å²) >= 11 is 0. The maximum absolute atomic E-state index is 13.5. The van der Waals surface area contributed by atoms with Gasteiger partial charge in [-0.3, -0.25) is 4.98 Å². The summed E-state index contributed by atoms with van der Waals surface area (Å²) in [6.07, 6.45) is 9.47. The standard InChI is InChI=1S/C17H27FN2/c1-3-5-13-6-7-14(10-19-4-2)17(8-13)15-9-16(18)12-20-11-15/h9,11-14,17,19H,3-8,10H2,1-2H3. The molecule has 0 amide bonds. The van der Waals surface area contributed by atoms with Crippen LogP contribution in [0.2, 0.25) is 0 Å². The topological polar surface area (TPSA) is 24.9 Å². The Morgan fingerprint density at radius 1 is 1.30 bits per heavy atom. The fourth-order valence-corrected chi connectivity index (χ4v) is 3.60. The zero-order valence-corrected chi connectivity index (χ0v) is 12.7. The van der Waals surface area contributed by atoms with Crippen LogP contribution in [-0.4, -0.2) is 18.1 Å². The van der Waals surface area contributed by atoms with Crippen LogP contribution in [0.3, 0.4) is 0 Å². The SMILES string of the molecule is CCCC1CCC(CNCC)C(c2cncc(F)c2)C1. The molecule has 3 heteroatoms. The summed E-state index contributed by atoms with van der Waals surface area (Å²) in [6, 6.07) is 1.69. The highest BCUT2D eigenvalue weighted by Gasteiger charge is 2.31. The average molecular weight is 278 g/mol. The summed E-state index contributed by atoms with van der Waals surface area (Å²) in [7, 11) is 0. The van der Waals surface area contributed by atoms with Crippen LogP contribution in [0.5, 0.6) is 0 Å². The van der Waals surface area contributed by atoms with E-state index >= 15 is 0 Å². The van der Waals surface area contributed by atoms with Gasteiger partial charge in [0.2, 0.25) is 0 Å². The molecule has 2 nitrogen and oxygen atoms in total. The van der Waals surface area contributed by atoms with E-state index in [1.807, 2.05) is 6.20 Å². The van der Waals surface area contributed by atoms with Gasteiger partial charge in [0, 0.05) is 6.20 Å². The van der Waals surface area contributed by atoms with Gasteiger partial charge >= 0.3 is 0 Å². The fraction of sp³-hybridized carbons (Fsp3) is 0.706. The minimum Gasteiger partial charge on any atom is -0.317 e. The van der Waals surface area contributed by atoms with Crippen molar-refractivity contribution in [3.05, 3.63) is 29.8 Å². The summed E-state index contributed by atoms with van der Waals surface area (Å²) in [6.45, 7) is 6.43. The Balaban J connectivity index is 2.12. The smallest absolute Gasteiger partial charge is 0.141 e. The number of nitrogens with one attached hydrogen (secondary N) is 1. The third-order valence-electron chi connectivity index (χ3n) is 4.61. The maximum atomic E-state index is 13.5. The van der Waals surface area contributed by atoms with Crippen LogP contribution in [0, 0.1) is 17.7 Å². The van der Waals surface area contributed by atoms with E-state index in [0.29, 0.717) is 11.8 Å². The van der Waals surface area contributed by atoms with Crippen molar-refractivity contribution in [1.29, 1.82) is 0 Å². The summed E-state index contributed by atoms with van der Waals surface area (Å²) < 4.78 is 13.5. The molecule has 1 aliphatic rings. The Bertz CT molecular complexity index is 408. The molecule has 0 spiro atoms. The van der Waals surface area contributed by atoms with Gasteiger partial charge in [0.05, 0.1) is 6.20 Å². The van der Waals surface area contributed by atoms with Crippen LogP contribution in [0.4, 0.5) is 4.39 Å². The lowest BCUT2D eigenvalue weighted by Crippen LogP contribution is -2.32. The fourth-order valence-electron chi connectivity index (χ4n) is 3.60. The Morgan fingerprint density at radius 2 is 2.15 bits per heavy atom. The van der Waals surface area contributed by atoms with Crippen molar-refractivity contribution in [2.24, 2.45) is 11.8 Å². The Morgan fingerprint density at radius 3 is 2.85 bits per heavy atom. The second-order valence-corrected chi connectivity index (χ2v) is 6.08. The molecule has 1 aromatic heterocycles. The van der Waals surface area contributed by atoms with E-state index in [4.69, 9.17) is 0 Å². The zero-order valence-electron chi connectivity index (χ0n) is 12.7. The molecular formula is C17H27FN2. The molecule has 1 N–H and O–H groups in total. The van der Waals surface area contributed by atoms with Gasteiger partial charge in [0.1, 0.15) is 5.82 Å². The zero-order chi connectivity index (χ0) is 14.4. The van der Waals surface area contributed by atoms with E-state index in [1.165, 1.54) is 38.3 Å². The average Bonchev–Trinajstić information content (AvgIpc) is 2.46.